The van der Waals surface area contributed by atoms with Gasteiger partial charge in [0.2, 0.25) is 0 Å². The first-order chi connectivity index (χ1) is 7.04. The fourth-order valence-corrected chi connectivity index (χ4v) is 1.62. The van der Waals surface area contributed by atoms with Crippen molar-refractivity contribution in [3.63, 3.8) is 0 Å². The molecule has 2 nitrogen and oxygen atoms in total. The molecule has 0 aliphatic heterocycles. The number of likely N-dealkylation sites (N-methyl/N-ethyl adjacent to an activating group) is 1. The van der Waals surface area contributed by atoms with Gasteiger partial charge >= 0.3 is 0 Å². The van der Waals surface area contributed by atoms with Crippen LogP contribution in [0.25, 0.3) is 0 Å². The molecule has 0 radical (unpaired) electrons. The molecule has 0 unspecified atom stereocenters. The van der Waals surface area contributed by atoms with E-state index in [-0.39, 0.29) is 6.04 Å². The molecule has 1 rings (SSSR count). The Morgan fingerprint density at radius 2 is 1.60 bits per heavy atom. The molecular weight excluding hydrogens is 186 g/mol. The van der Waals surface area contributed by atoms with E-state index in [1.807, 2.05) is 37.4 Å². The molecule has 15 heavy (non-hydrogen) atoms. The van der Waals surface area contributed by atoms with Crippen molar-refractivity contribution in [1.29, 1.82) is 0 Å². The first kappa shape index (κ1) is 12.2. The van der Waals surface area contributed by atoms with E-state index >= 15 is 0 Å². The summed E-state index contributed by atoms with van der Waals surface area (Å²) in [6.45, 7) is 6.32. The van der Waals surface area contributed by atoms with Crippen LogP contribution in [-0.4, -0.2) is 29.1 Å². The summed E-state index contributed by atoms with van der Waals surface area (Å²) in [6.07, 6.45) is -0.418. The smallest absolute Gasteiger partial charge is 0.0942 e. The highest BCUT2D eigenvalue weighted by atomic mass is 16.3. The van der Waals surface area contributed by atoms with Gasteiger partial charge in [0, 0.05) is 12.1 Å². The number of aliphatic hydroxyl groups is 1. The SMILES string of the molecule is CC(C)N(C)[C@@H](C)[C@@H](O)c1ccccc1. The van der Waals surface area contributed by atoms with Crippen LogP contribution in [0, 0.1) is 0 Å². The molecule has 0 fully saturated rings. The van der Waals surface area contributed by atoms with Crippen LogP contribution in [-0.2, 0) is 0 Å². The van der Waals surface area contributed by atoms with E-state index in [9.17, 15) is 5.11 Å². The summed E-state index contributed by atoms with van der Waals surface area (Å²) in [5.74, 6) is 0. The highest BCUT2D eigenvalue weighted by molar-refractivity contribution is 5.18. The summed E-state index contributed by atoms with van der Waals surface area (Å²) < 4.78 is 0. The lowest BCUT2D eigenvalue weighted by Crippen LogP contribution is -2.39. The molecule has 0 saturated carbocycles. The summed E-state index contributed by atoms with van der Waals surface area (Å²) in [7, 11) is 2.04. The maximum Gasteiger partial charge on any atom is 0.0942 e. The Bertz CT molecular complexity index is 284. The average molecular weight is 207 g/mol. The third kappa shape index (κ3) is 3.05. The van der Waals surface area contributed by atoms with Crippen molar-refractivity contribution in [2.24, 2.45) is 0 Å². The second-order valence-corrected chi connectivity index (χ2v) is 4.36. The lowest BCUT2D eigenvalue weighted by molar-refractivity contribution is 0.0571. The average Bonchev–Trinajstić information content (AvgIpc) is 2.27. The fraction of sp³-hybridized carbons (Fsp3) is 0.538. The van der Waals surface area contributed by atoms with Crippen LogP contribution in [0.4, 0.5) is 0 Å². The molecule has 2 heteroatoms. The van der Waals surface area contributed by atoms with Gasteiger partial charge in [-0.2, -0.15) is 0 Å². The summed E-state index contributed by atoms with van der Waals surface area (Å²) in [4.78, 5) is 2.18. The Kier molecular flexibility index (Phi) is 4.30. The Hall–Kier alpha value is -0.860. The normalized spacial score (nSPS) is 15.7. The quantitative estimate of drug-likeness (QED) is 0.819. The summed E-state index contributed by atoms with van der Waals surface area (Å²) in [5.41, 5.74) is 0.984. The zero-order chi connectivity index (χ0) is 11.4. The Morgan fingerprint density at radius 3 is 2.07 bits per heavy atom. The van der Waals surface area contributed by atoms with Crippen molar-refractivity contribution in [3.8, 4) is 0 Å². The second-order valence-electron chi connectivity index (χ2n) is 4.36. The Morgan fingerprint density at radius 1 is 1.07 bits per heavy atom. The third-order valence-electron chi connectivity index (χ3n) is 3.05. The molecule has 2 atom stereocenters. The highest BCUT2D eigenvalue weighted by Crippen LogP contribution is 2.20. The molecule has 0 spiro atoms. The van der Waals surface area contributed by atoms with Crippen molar-refractivity contribution in [1.82, 2.24) is 4.90 Å². The Balaban J connectivity index is 2.73. The van der Waals surface area contributed by atoms with Crippen molar-refractivity contribution < 1.29 is 5.11 Å². The summed E-state index contributed by atoms with van der Waals surface area (Å²) >= 11 is 0. The van der Waals surface area contributed by atoms with Crippen molar-refractivity contribution in [2.45, 2.75) is 39.0 Å². The predicted octanol–water partition coefficient (Wildman–Crippen LogP) is 2.45. The zero-order valence-electron chi connectivity index (χ0n) is 10.0. The van der Waals surface area contributed by atoms with Crippen LogP contribution in [0.15, 0.2) is 30.3 Å². The lowest BCUT2D eigenvalue weighted by Gasteiger charge is -2.32. The largest absolute Gasteiger partial charge is 0.387 e. The van der Waals surface area contributed by atoms with Crippen molar-refractivity contribution in [3.05, 3.63) is 35.9 Å². The molecule has 0 amide bonds. The van der Waals surface area contributed by atoms with Crippen LogP contribution in [0.3, 0.4) is 0 Å². The van der Waals surface area contributed by atoms with Crippen LogP contribution >= 0.6 is 0 Å². The number of hydrogen-bond acceptors (Lipinski definition) is 2. The maximum absolute atomic E-state index is 10.2. The van der Waals surface area contributed by atoms with Gasteiger partial charge in [0.1, 0.15) is 0 Å². The maximum atomic E-state index is 10.2. The highest BCUT2D eigenvalue weighted by Gasteiger charge is 2.21. The van der Waals surface area contributed by atoms with E-state index in [1.54, 1.807) is 0 Å². The topological polar surface area (TPSA) is 23.5 Å². The second kappa shape index (κ2) is 5.29. The number of hydrogen-bond donors (Lipinski definition) is 1. The molecule has 0 heterocycles. The molecule has 1 aromatic carbocycles. The molecule has 0 bridgehead atoms. The van der Waals surface area contributed by atoms with Gasteiger partial charge in [0.25, 0.3) is 0 Å². The van der Waals surface area contributed by atoms with Gasteiger partial charge < -0.3 is 5.11 Å². The van der Waals surface area contributed by atoms with Crippen LogP contribution in [0.1, 0.15) is 32.4 Å². The van der Waals surface area contributed by atoms with E-state index in [2.05, 4.69) is 25.7 Å². The molecule has 1 aromatic rings. The summed E-state index contributed by atoms with van der Waals surface area (Å²) in [5, 5.41) is 10.2. The number of benzene rings is 1. The molecule has 1 N–H and O–H groups in total. The molecule has 84 valence electrons. The monoisotopic (exact) mass is 207 g/mol. The van der Waals surface area contributed by atoms with E-state index in [4.69, 9.17) is 0 Å². The molecule has 0 aromatic heterocycles. The first-order valence-electron chi connectivity index (χ1n) is 5.49. The van der Waals surface area contributed by atoms with Crippen molar-refractivity contribution in [2.75, 3.05) is 7.05 Å². The molecule has 0 aliphatic rings. The number of nitrogens with zero attached hydrogens (tertiary/aromatic N) is 1. The minimum Gasteiger partial charge on any atom is -0.387 e. The number of rotatable bonds is 4. The standard InChI is InChI=1S/C13H21NO/c1-10(2)14(4)11(3)13(15)12-8-6-5-7-9-12/h5-11,13,15H,1-4H3/t11-,13+/m0/s1. The van der Waals surface area contributed by atoms with E-state index < -0.39 is 6.10 Å². The summed E-state index contributed by atoms with van der Waals surface area (Å²) in [6, 6.07) is 10.4. The zero-order valence-corrected chi connectivity index (χ0v) is 10.0. The van der Waals surface area contributed by atoms with Gasteiger partial charge in [0.05, 0.1) is 6.10 Å². The first-order valence-corrected chi connectivity index (χ1v) is 5.49. The minimum absolute atomic E-state index is 0.132. The molecular formula is C13H21NO. The fourth-order valence-electron chi connectivity index (χ4n) is 1.62. The van der Waals surface area contributed by atoms with Gasteiger partial charge in [-0.15, -0.1) is 0 Å². The lowest BCUT2D eigenvalue weighted by atomic mass is 10.0. The van der Waals surface area contributed by atoms with Gasteiger partial charge in [-0.3, -0.25) is 4.90 Å². The van der Waals surface area contributed by atoms with Crippen molar-refractivity contribution >= 4 is 0 Å². The predicted molar refractivity (Wildman–Crippen MR) is 63.8 cm³/mol. The molecule has 0 aliphatic carbocycles. The van der Waals surface area contributed by atoms with Gasteiger partial charge in [0.15, 0.2) is 0 Å². The minimum atomic E-state index is -0.418. The van der Waals surface area contributed by atoms with E-state index in [0.717, 1.165) is 5.56 Å². The van der Waals surface area contributed by atoms with E-state index in [1.165, 1.54) is 0 Å². The van der Waals surface area contributed by atoms with Crippen LogP contribution in [0.2, 0.25) is 0 Å². The number of aliphatic hydroxyl groups excluding tert-OH is 1. The molecule has 0 saturated heterocycles. The van der Waals surface area contributed by atoms with Gasteiger partial charge in [-0.25, -0.2) is 0 Å². The van der Waals surface area contributed by atoms with Crippen LogP contribution in [0.5, 0.6) is 0 Å². The van der Waals surface area contributed by atoms with Gasteiger partial charge in [-0.1, -0.05) is 30.3 Å². The third-order valence-corrected chi connectivity index (χ3v) is 3.05. The van der Waals surface area contributed by atoms with Crippen LogP contribution < -0.4 is 0 Å². The van der Waals surface area contributed by atoms with E-state index in [0.29, 0.717) is 6.04 Å². The Labute approximate surface area is 92.5 Å². The van der Waals surface area contributed by atoms with Gasteiger partial charge in [-0.05, 0) is 33.4 Å².